The molecule has 0 aliphatic carbocycles. The average molecular weight is 231 g/mol. The largest absolute Gasteiger partial charge is 0.475 e. The van der Waals surface area contributed by atoms with Gasteiger partial charge < -0.3 is 10.1 Å². The fourth-order valence-corrected chi connectivity index (χ4v) is 2.10. The summed E-state index contributed by atoms with van der Waals surface area (Å²) in [6.07, 6.45) is 1.33. The maximum atomic E-state index is 10.8. The molecule has 1 aliphatic rings. The van der Waals surface area contributed by atoms with Crippen LogP contribution in [0.3, 0.4) is 0 Å². The van der Waals surface area contributed by atoms with Gasteiger partial charge in [-0.05, 0) is 6.54 Å². The Morgan fingerprint density at radius 1 is 1.73 bits per heavy atom. The molecule has 0 radical (unpaired) electrons. The molecule has 0 aromatic carbocycles. The SMILES string of the molecule is CCN[C@H]1COc2c([SH](=O)=O)cnn2C1. The number of aromatic nitrogens is 2. The van der Waals surface area contributed by atoms with Crippen molar-refractivity contribution in [3.63, 3.8) is 0 Å². The molecule has 0 bridgehead atoms. The van der Waals surface area contributed by atoms with Crippen LogP contribution in [0, 0.1) is 0 Å². The molecule has 1 N–H and O–H groups in total. The Morgan fingerprint density at radius 2 is 2.53 bits per heavy atom. The Morgan fingerprint density at radius 3 is 3.20 bits per heavy atom. The standard InChI is InChI=1S/C8H13N3O3S/c1-2-9-6-4-11-8(14-5-6)7(3-10-11)15(12)13/h3,6,9,15H,2,4-5H2,1H3/t6-/m1/s1. The van der Waals surface area contributed by atoms with Crippen LogP contribution in [0.2, 0.25) is 0 Å². The lowest BCUT2D eigenvalue weighted by Crippen LogP contribution is -2.41. The van der Waals surface area contributed by atoms with Crippen LogP contribution in [-0.4, -0.2) is 37.4 Å². The first-order valence-corrected chi connectivity index (χ1v) is 5.96. The summed E-state index contributed by atoms with van der Waals surface area (Å²) < 4.78 is 28.6. The fraction of sp³-hybridized carbons (Fsp3) is 0.625. The van der Waals surface area contributed by atoms with E-state index in [0.29, 0.717) is 19.0 Å². The van der Waals surface area contributed by atoms with E-state index in [2.05, 4.69) is 10.4 Å². The van der Waals surface area contributed by atoms with Crippen LogP contribution < -0.4 is 10.1 Å². The molecule has 7 heteroatoms. The Balaban J connectivity index is 2.22. The molecule has 0 fully saturated rings. The third kappa shape index (κ3) is 1.98. The summed E-state index contributed by atoms with van der Waals surface area (Å²) in [6.45, 7) is 3.99. The minimum Gasteiger partial charge on any atom is -0.475 e. The highest BCUT2D eigenvalue weighted by Crippen LogP contribution is 2.23. The van der Waals surface area contributed by atoms with Crippen LogP contribution in [0.1, 0.15) is 6.92 Å². The monoisotopic (exact) mass is 231 g/mol. The van der Waals surface area contributed by atoms with Crippen molar-refractivity contribution in [2.45, 2.75) is 24.4 Å². The maximum Gasteiger partial charge on any atom is 0.230 e. The van der Waals surface area contributed by atoms with Crippen molar-refractivity contribution in [3.05, 3.63) is 6.20 Å². The van der Waals surface area contributed by atoms with Crippen molar-refractivity contribution >= 4 is 10.7 Å². The van der Waals surface area contributed by atoms with Gasteiger partial charge >= 0.3 is 0 Å². The van der Waals surface area contributed by atoms with Crippen LogP contribution in [0.4, 0.5) is 0 Å². The number of fused-ring (bicyclic) bond motifs is 1. The number of hydrogen-bond donors (Lipinski definition) is 2. The second-order valence-electron chi connectivity index (χ2n) is 3.34. The third-order valence-corrected chi connectivity index (χ3v) is 2.98. The maximum absolute atomic E-state index is 10.8. The minimum absolute atomic E-state index is 0.167. The molecule has 84 valence electrons. The van der Waals surface area contributed by atoms with Gasteiger partial charge in [0.2, 0.25) is 5.88 Å². The van der Waals surface area contributed by atoms with E-state index in [1.165, 1.54) is 6.20 Å². The topological polar surface area (TPSA) is 73.2 Å². The molecule has 2 rings (SSSR count). The molecule has 0 saturated carbocycles. The number of likely N-dealkylation sites (N-methyl/N-ethyl adjacent to an activating group) is 1. The first kappa shape index (κ1) is 10.4. The summed E-state index contributed by atoms with van der Waals surface area (Å²) in [5.41, 5.74) is 0. The number of thiol groups is 1. The Hall–Kier alpha value is -1.08. The number of nitrogens with one attached hydrogen (secondary N) is 1. The highest BCUT2D eigenvalue weighted by molar-refractivity contribution is 7.72. The predicted molar refractivity (Wildman–Crippen MR) is 53.8 cm³/mol. The molecule has 1 atom stereocenters. The molecule has 1 aromatic rings. The minimum atomic E-state index is -2.62. The lowest BCUT2D eigenvalue weighted by atomic mass is 10.3. The first-order valence-electron chi connectivity index (χ1n) is 4.78. The number of nitrogens with zero attached hydrogens (tertiary/aromatic N) is 2. The molecular weight excluding hydrogens is 218 g/mol. The summed E-state index contributed by atoms with van der Waals surface area (Å²) in [7, 11) is -2.62. The number of ether oxygens (including phenoxy) is 1. The van der Waals surface area contributed by atoms with Gasteiger partial charge in [0, 0.05) is 0 Å². The van der Waals surface area contributed by atoms with Crippen LogP contribution >= 0.6 is 0 Å². The molecule has 1 aromatic heterocycles. The zero-order valence-corrected chi connectivity index (χ0v) is 9.24. The Bertz CT molecular complexity index is 419. The van der Waals surface area contributed by atoms with Crippen LogP contribution in [0.25, 0.3) is 0 Å². The van der Waals surface area contributed by atoms with Gasteiger partial charge in [-0.25, -0.2) is 13.1 Å². The van der Waals surface area contributed by atoms with Gasteiger partial charge in [0.25, 0.3) is 0 Å². The third-order valence-electron chi connectivity index (χ3n) is 2.28. The van der Waals surface area contributed by atoms with Crippen molar-refractivity contribution in [1.82, 2.24) is 15.1 Å². The normalized spacial score (nSPS) is 20.0. The molecule has 2 heterocycles. The summed E-state index contributed by atoms with van der Waals surface area (Å²) in [4.78, 5) is 0.167. The van der Waals surface area contributed by atoms with Crippen molar-refractivity contribution in [1.29, 1.82) is 0 Å². The van der Waals surface area contributed by atoms with E-state index in [-0.39, 0.29) is 10.9 Å². The first-order chi connectivity index (χ1) is 7.22. The smallest absolute Gasteiger partial charge is 0.230 e. The zero-order chi connectivity index (χ0) is 10.8. The molecule has 15 heavy (non-hydrogen) atoms. The molecule has 6 nitrogen and oxygen atoms in total. The van der Waals surface area contributed by atoms with E-state index in [1.807, 2.05) is 6.92 Å². The Kier molecular flexibility index (Phi) is 2.92. The van der Waals surface area contributed by atoms with Gasteiger partial charge in [-0.15, -0.1) is 0 Å². The van der Waals surface area contributed by atoms with Crippen molar-refractivity contribution in [3.8, 4) is 5.88 Å². The summed E-state index contributed by atoms with van der Waals surface area (Å²) >= 11 is 0. The summed E-state index contributed by atoms with van der Waals surface area (Å²) in [6, 6.07) is 0.194. The summed E-state index contributed by atoms with van der Waals surface area (Å²) in [5, 5.41) is 7.21. The van der Waals surface area contributed by atoms with E-state index in [4.69, 9.17) is 4.74 Å². The van der Waals surface area contributed by atoms with E-state index in [0.717, 1.165) is 6.54 Å². The molecule has 0 spiro atoms. The molecule has 1 aliphatic heterocycles. The van der Waals surface area contributed by atoms with Gasteiger partial charge in [-0.3, -0.25) is 0 Å². The van der Waals surface area contributed by atoms with Crippen molar-refractivity contribution < 1.29 is 13.2 Å². The molecule has 0 amide bonds. The van der Waals surface area contributed by atoms with Gasteiger partial charge in [0.05, 0.1) is 18.8 Å². The fourth-order valence-electron chi connectivity index (χ4n) is 1.62. The molecular formula is C8H13N3O3S. The zero-order valence-electron chi connectivity index (χ0n) is 8.34. The highest BCUT2D eigenvalue weighted by Gasteiger charge is 2.23. The van der Waals surface area contributed by atoms with Crippen LogP contribution in [-0.2, 0) is 17.2 Å². The van der Waals surface area contributed by atoms with Gasteiger partial charge in [-0.2, -0.15) is 5.10 Å². The number of hydrogen-bond acceptors (Lipinski definition) is 5. The van der Waals surface area contributed by atoms with Crippen LogP contribution in [0.15, 0.2) is 11.1 Å². The second kappa shape index (κ2) is 4.19. The van der Waals surface area contributed by atoms with Gasteiger partial charge in [0.1, 0.15) is 11.5 Å². The van der Waals surface area contributed by atoms with E-state index in [9.17, 15) is 8.42 Å². The quantitative estimate of drug-likeness (QED) is 0.668. The van der Waals surface area contributed by atoms with E-state index < -0.39 is 10.7 Å². The van der Waals surface area contributed by atoms with Crippen LogP contribution in [0.5, 0.6) is 5.88 Å². The predicted octanol–water partition coefficient (Wildman–Crippen LogP) is -0.776. The highest BCUT2D eigenvalue weighted by atomic mass is 32.2. The van der Waals surface area contributed by atoms with Crippen molar-refractivity contribution in [2.75, 3.05) is 13.2 Å². The van der Waals surface area contributed by atoms with E-state index in [1.54, 1.807) is 4.68 Å². The van der Waals surface area contributed by atoms with Crippen molar-refractivity contribution in [2.24, 2.45) is 0 Å². The van der Waals surface area contributed by atoms with Gasteiger partial charge in [-0.1, -0.05) is 6.92 Å². The number of rotatable bonds is 3. The lowest BCUT2D eigenvalue weighted by Gasteiger charge is -2.24. The van der Waals surface area contributed by atoms with E-state index >= 15 is 0 Å². The second-order valence-corrected chi connectivity index (χ2v) is 4.34. The Labute approximate surface area is 89.2 Å². The van der Waals surface area contributed by atoms with Gasteiger partial charge in [0.15, 0.2) is 10.7 Å². The summed E-state index contributed by atoms with van der Waals surface area (Å²) in [5.74, 6) is 0.361. The molecule has 0 saturated heterocycles. The average Bonchev–Trinajstić information content (AvgIpc) is 2.61. The molecule has 0 unspecified atom stereocenters. The lowest BCUT2D eigenvalue weighted by molar-refractivity contribution is 0.180.